The fraction of sp³-hybridized carbons (Fsp3) is 0.636. The van der Waals surface area contributed by atoms with Gasteiger partial charge in [0, 0.05) is 19.1 Å². The standard InChI is InChI=1S/C22H29Cl2N3O3/c1-30-22(29)26-11-12-27(20(28)14-15-7-8-16(23)17(24)13-15)21-18(5-4-6-19(21)26)25-9-2-3-10-25/h7-8,13,18-19,21H,2-6,9-12,14H2,1H3/t18-,19+,21-/m1/s1. The van der Waals surface area contributed by atoms with Gasteiger partial charge in [0.15, 0.2) is 0 Å². The molecule has 3 aliphatic rings. The largest absolute Gasteiger partial charge is 0.453 e. The molecule has 2 amide bonds. The smallest absolute Gasteiger partial charge is 0.409 e. The molecule has 0 N–H and O–H groups in total. The number of methoxy groups -OCH3 is 1. The molecular weight excluding hydrogens is 425 g/mol. The van der Waals surface area contributed by atoms with Crippen molar-refractivity contribution in [1.82, 2.24) is 14.7 Å². The second-order valence-electron chi connectivity index (χ2n) is 8.48. The van der Waals surface area contributed by atoms with E-state index in [-0.39, 0.29) is 36.5 Å². The first-order valence-electron chi connectivity index (χ1n) is 10.8. The van der Waals surface area contributed by atoms with Crippen molar-refractivity contribution in [1.29, 1.82) is 0 Å². The first-order chi connectivity index (χ1) is 14.5. The van der Waals surface area contributed by atoms with Gasteiger partial charge in [0.1, 0.15) is 0 Å². The Kier molecular flexibility index (Phi) is 6.75. The van der Waals surface area contributed by atoms with Crippen LogP contribution in [0.2, 0.25) is 10.0 Å². The van der Waals surface area contributed by atoms with Gasteiger partial charge in [-0.25, -0.2) is 4.79 Å². The van der Waals surface area contributed by atoms with Gasteiger partial charge in [-0.05, 0) is 62.9 Å². The van der Waals surface area contributed by atoms with Crippen LogP contribution in [0.1, 0.15) is 37.7 Å². The second-order valence-corrected chi connectivity index (χ2v) is 9.29. The molecule has 164 valence electrons. The summed E-state index contributed by atoms with van der Waals surface area (Å²) in [6.07, 6.45) is 5.42. The van der Waals surface area contributed by atoms with Crippen molar-refractivity contribution in [3.63, 3.8) is 0 Å². The van der Waals surface area contributed by atoms with Crippen LogP contribution in [0.3, 0.4) is 0 Å². The van der Waals surface area contributed by atoms with E-state index < -0.39 is 0 Å². The molecule has 2 aliphatic heterocycles. The molecule has 4 rings (SSSR count). The fourth-order valence-electron chi connectivity index (χ4n) is 5.45. The monoisotopic (exact) mass is 453 g/mol. The third kappa shape index (κ3) is 4.27. The minimum absolute atomic E-state index is 0.0000258. The molecule has 2 saturated heterocycles. The van der Waals surface area contributed by atoms with Crippen LogP contribution in [-0.2, 0) is 16.0 Å². The van der Waals surface area contributed by atoms with Crippen LogP contribution in [0.25, 0.3) is 0 Å². The highest BCUT2D eigenvalue weighted by molar-refractivity contribution is 6.42. The van der Waals surface area contributed by atoms with E-state index in [0.717, 1.165) is 37.9 Å². The first-order valence-corrected chi connectivity index (χ1v) is 11.6. The van der Waals surface area contributed by atoms with Crippen molar-refractivity contribution in [3.8, 4) is 0 Å². The molecule has 0 radical (unpaired) electrons. The molecular formula is C22H29Cl2N3O3. The van der Waals surface area contributed by atoms with E-state index in [0.29, 0.717) is 23.1 Å². The summed E-state index contributed by atoms with van der Waals surface area (Å²) in [7, 11) is 1.43. The third-order valence-electron chi connectivity index (χ3n) is 6.81. The summed E-state index contributed by atoms with van der Waals surface area (Å²) in [6, 6.07) is 5.65. The molecule has 1 aromatic rings. The molecule has 30 heavy (non-hydrogen) atoms. The number of amides is 2. The molecule has 2 heterocycles. The number of likely N-dealkylation sites (tertiary alicyclic amines) is 1. The third-order valence-corrected chi connectivity index (χ3v) is 7.55. The molecule has 3 atom stereocenters. The van der Waals surface area contributed by atoms with Gasteiger partial charge in [0.25, 0.3) is 0 Å². The minimum atomic E-state index is -0.288. The van der Waals surface area contributed by atoms with Crippen molar-refractivity contribution < 1.29 is 14.3 Å². The summed E-state index contributed by atoms with van der Waals surface area (Å²) in [4.78, 5) is 32.3. The number of carbonyl (C=O) groups excluding carboxylic acids is 2. The molecule has 1 aliphatic carbocycles. The normalized spacial score (nSPS) is 27.1. The zero-order valence-corrected chi connectivity index (χ0v) is 18.9. The van der Waals surface area contributed by atoms with Gasteiger partial charge >= 0.3 is 6.09 Å². The number of hydrogen-bond donors (Lipinski definition) is 0. The summed E-state index contributed by atoms with van der Waals surface area (Å²) < 4.78 is 5.06. The summed E-state index contributed by atoms with van der Waals surface area (Å²) in [5.41, 5.74) is 0.856. The van der Waals surface area contributed by atoms with Crippen LogP contribution in [0.4, 0.5) is 4.79 Å². The number of hydrogen-bond acceptors (Lipinski definition) is 4. The lowest BCUT2D eigenvalue weighted by Gasteiger charge is -2.54. The highest BCUT2D eigenvalue weighted by atomic mass is 35.5. The van der Waals surface area contributed by atoms with E-state index in [9.17, 15) is 9.59 Å². The summed E-state index contributed by atoms with van der Waals surface area (Å²) in [5, 5.41) is 0.948. The van der Waals surface area contributed by atoms with Crippen molar-refractivity contribution >= 4 is 35.2 Å². The lowest BCUT2D eigenvalue weighted by Crippen LogP contribution is -2.69. The minimum Gasteiger partial charge on any atom is -0.453 e. The average molecular weight is 454 g/mol. The fourth-order valence-corrected chi connectivity index (χ4v) is 5.77. The van der Waals surface area contributed by atoms with Crippen molar-refractivity contribution in [2.24, 2.45) is 0 Å². The highest BCUT2D eigenvalue weighted by Crippen LogP contribution is 2.35. The van der Waals surface area contributed by atoms with Crippen LogP contribution in [0.15, 0.2) is 18.2 Å². The number of benzene rings is 1. The quantitative estimate of drug-likeness (QED) is 0.697. The van der Waals surface area contributed by atoms with Crippen molar-refractivity contribution in [2.75, 3.05) is 33.3 Å². The Bertz CT molecular complexity index is 800. The van der Waals surface area contributed by atoms with E-state index in [1.165, 1.54) is 20.0 Å². The number of nitrogens with zero attached hydrogens (tertiary/aromatic N) is 3. The Labute approximate surface area is 188 Å². The van der Waals surface area contributed by atoms with E-state index in [1.807, 2.05) is 15.9 Å². The van der Waals surface area contributed by atoms with Gasteiger partial charge in [-0.3, -0.25) is 9.69 Å². The molecule has 0 spiro atoms. The second kappa shape index (κ2) is 9.33. The van der Waals surface area contributed by atoms with Crippen LogP contribution < -0.4 is 0 Å². The highest BCUT2D eigenvalue weighted by Gasteiger charge is 2.48. The summed E-state index contributed by atoms with van der Waals surface area (Å²) >= 11 is 12.2. The predicted octanol–water partition coefficient (Wildman–Crippen LogP) is 3.83. The molecule has 0 bridgehead atoms. The summed E-state index contributed by atoms with van der Waals surface area (Å²) in [6.45, 7) is 3.18. The van der Waals surface area contributed by atoms with E-state index in [2.05, 4.69) is 4.90 Å². The predicted molar refractivity (Wildman–Crippen MR) is 117 cm³/mol. The van der Waals surface area contributed by atoms with Crippen LogP contribution >= 0.6 is 23.2 Å². The van der Waals surface area contributed by atoms with E-state index in [1.54, 1.807) is 12.1 Å². The molecule has 3 fully saturated rings. The zero-order chi connectivity index (χ0) is 21.3. The topological polar surface area (TPSA) is 53.1 Å². The number of piperazine rings is 1. The van der Waals surface area contributed by atoms with Gasteiger partial charge in [0.2, 0.25) is 5.91 Å². The molecule has 8 heteroatoms. The maximum atomic E-state index is 13.4. The molecule has 0 aromatic heterocycles. The Hall–Kier alpha value is -1.50. The maximum Gasteiger partial charge on any atom is 0.409 e. The average Bonchev–Trinajstić information content (AvgIpc) is 3.29. The lowest BCUT2D eigenvalue weighted by molar-refractivity contribution is -0.141. The first kappa shape index (κ1) is 21.7. The van der Waals surface area contributed by atoms with Crippen LogP contribution in [0, 0.1) is 0 Å². The number of carbonyl (C=O) groups is 2. The van der Waals surface area contributed by atoms with Gasteiger partial charge in [-0.1, -0.05) is 29.3 Å². The van der Waals surface area contributed by atoms with Crippen molar-refractivity contribution in [3.05, 3.63) is 33.8 Å². The zero-order valence-electron chi connectivity index (χ0n) is 17.4. The van der Waals surface area contributed by atoms with Gasteiger partial charge in [-0.15, -0.1) is 0 Å². The Morgan fingerprint density at radius 2 is 1.67 bits per heavy atom. The Morgan fingerprint density at radius 3 is 2.37 bits per heavy atom. The Morgan fingerprint density at radius 1 is 0.967 bits per heavy atom. The van der Waals surface area contributed by atoms with E-state index >= 15 is 0 Å². The van der Waals surface area contributed by atoms with Gasteiger partial charge in [-0.2, -0.15) is 0 Å². The molecule has 0 unspecified atom stereocenters. The SMILES string of the molecule is COC(=O)N1CCN(C(=O)Cc2ccc(Cl)c(Cl)c2)[C@@H]2[C@H](N3CCCC3)CCC[C@@H]21. The molecule has 1 saturated carbocycles. The van der Waals surface area contributed by atoms with Crippen LogP contribution in [0.5, 0.6) is 0 Å². The van der Waals surface area contributed by atoms with Gasteiger partial charge < -0.3 is 14.5 Å². The summed E-state index contributed by atoms with van der Waals surface area (Å²) in [5.74, 6) is 0.0824. The number of ether oxygens (including phenoxy) is 1. The van der Waals surface area contributed by atoms with Crippen molar-refractivity contribution in [2.45, 2.75) is 56.7 Å². The number of halogens is 2. The number of rotatable bonds is 3. The number of fused-ring (bicyclic) bond motifs is 1. The van der Waals surface area contributed by atoms with E-state index in [4.69, 9.17) is 27.9 Å². The molecule has 6 nitrogen and oxygen atoms in total. The van der Waals surface area contributed by atoms with Crippen LogP contribution in [-0.4, -0.2) is 78.1 Å². The molecule has 1 aromatic carbocycles. The Balaban J connectivity index is 1.59. The lowest BCUT2D eigenvalue weighted by atomic mass is 9.81. The van der Waals surface area contributed by atoms with Gasteiger partial charge in [0.05, 0.1) is 35.7 Å². The maximum absolute atomic E-state index is 13.4.